The first-order chi connectivity index (χ1) is 8.92. The lowest BCUT2D eigenvalue weighted by molar-refractivity contribution is 0.228. The van der Waals surface area contributed by atoms with E-state index < -0.39 is 11.6 Å². The van der Waals surface area contributed by atoms with Gasteiger partial charge in [-0.1, -0.05) is 18.2 Å². The Labute approximate surface area is 110 Å². The highest BCUT2D eigenvalue weighted by Crippen LogP contribution is 2.23. The van der Waals surface area contributed by atoms with E-state index >= 15 is 0 Å². The second kappa shape index (κ2) is 4.72. The van der Waals surface area contributed by atoms with E-state index in [1.165, 1.54) is 18.3 Å². The van der Waals surface area contributed by atoms with Crippen LogP contribution < -0.4 is 11.1 Å². The van der Waals surface area contributed by atoms with E-state index in [2.05, 4.69) is 10.4 Å². The monoisotopic (exact) mass is 262 g/mol. The minimum absolute atomic E-state index is 0.224. The van der Waals surface area contributed by atoms with Crippen LogP contribution in [0.1, 0.15) is 19.4 Å². The van der Waals surface area contributed by atoms with Crippen LogP contribution in [0.25, 0.3) is 0 Å². The number of carbonyl (C=O) groups excluding carboxylic acids is 1. The molecule has 1 aromatic heterocycles. The molecule has 0 aliphatic heterocycles. The number of aromatic nitrogens is 2. The average molecular weight is 262 g/mol. The Morgan fingerprint density at radius 1 is 1.37 bits per heavy atom. The van der Waals surface area contributed by atoms with Crippen LogP contribution >= 0.6 is 0 Å². The number of hydrogen-bond donors (Lipinski definition) is 2. The molecular formula is C13H15FN4O. The maximum Gasteiger partial charge on any atom is 0.344 e. The molecule has 1 aromatic carbocycles. The van der Waals surface area contributed by atoms with Crippen molar-refractivity contribution in [2.45, 2.75) is 19.4 Å². The Bertz CT molecular complexity index is 606. The van der Waals surface area contributed by atoms with Crippen molar-refractivity contribution in [3.8, 4) is 0 Å². The van der Waals surface area contributed by atoms with Gasteiger partial charge in [-0.3, -0.25) is 0 Å². The van der Waals surface area contributed by atoms with Crippen molar-refractivity contribution < 1.29 is 9.18 Å². The van der Waals surface area contributed by atoms with Gasteiger partial charge >= 0.3 is 6.03 Å². The largest absolute Gasteiger partial charge is 0.383 e. The summed E-state index contributed by atoms with van der Waals surface area (Å²) >= 11 is 0. The molecule has 0 radical (unpaired) electrons. The number of nitrogens with one attached hydrogen (secondary N) is 1. The predicted molar refractivity (Wildman–Crippen MR) is 70.0 cm³/mol. The van der Waals surface area contributed by atoms with Crippen molar-refractivity contribution >= 4 is 11.8 Å². The van der Waals surface area contributed by atoms with Crippen molar-refractivity contribution in [3.63, 3.8) is 0 Å². The number of nitrogen functional groups attached to an aromatic ring is 1. The van der Waals surface area contributed by atoms with Crippen molar-refractivity contribution in [3.05, 3.63) is 47.9 Å². The van der Waals surface area contributed by atoms with Crippen LogP contribution in [0.5, 0.6) is 0 Å². The van der Waals surface area contributed by atoms with Gasteiger partial charge in [0.1, 0.15) is 11.6 Å². The Kier molecular flexibility index (Phi) is 3.25. The number of amides is 1. The maximum absolute atomic E-state index is 13.8. The lowest BCUT2D eigenvalue weighted by Gasteiger charge is -2.27. The molecule has 1 heterocycles. The molecule has 0 aliphatic rings. The Morgan fingerprint density at radius 2 is 2.05 bits per heavy atom. The molecule has 0 atom stereocenters. The highest BCUT2D eigenvalue weighted by atomic mass is 19.1. The molecule has 2 rings (SSSR count). The number of halogens is 1. The van der Waals surface area contributed by atoms with Gasteiger partial charge in [-0.05, 0) is 19.9 Å². The molecular weight excluding hydrogens is 247 g/mol. The van der Waals surface area contributed by atoms with Crippen LogP contribution in [0.4, 0.5) is 15.0 Å². The fraction of sp³-hybridized carbons (Fsp3) is 0.231. The summed E-state index contributed by atoms with van der Waals surface area (Å²) in [5.74, 6) is -0.150. The maximum atomic E-state index is 13.8. The molecule has 0 unspecified atom stereocenters. The topological polar surface area (TPSA) is 72.9 Å². The highest BCUT2D eigenvalue weighted by molar-refractivity contribution is 5.79. The van der Waals surface area contributed by atoms with Crippen LogP contribution in [0, 0.1) is 5.82 Å². The van der Waals surface area contributed by atoms with E-state index in [1.54, 1.807) is 32.0 Å². The molecule has 2 aromatic rings. The number of nitrogens with zero attached hydrogens (tertiary/aromatic N) is 2. The van der Waals surface area contributed by atoms with Gasteiger partial charge in [0.2, 0.25) is 0 Å². The average Bonchev–Trinajstić information content (AvgIpc) is 2.75. The number of nitrogens with two attached hydrogens (primary N) is 1. The second-order valence-electron chi connectivity index (χ2n) is 4.70. The molecule has 6 heteroatoms. The van der Waals surface area contributed by atoms with Crippen LogP contribution in [0.15, 0.2) is 36.5 Å². The van der Waals surface area contributed by atoms with E-state index in [4.69, 9.17) is 5.73 Å². The number of hydrogen-bond acceptors (Lipinski definition) is 3. The van der Waals surface area contributed by atoms with Crippen molar-refractivity contribution in [2.75, 3.05) is 5.73 Å². The van der Waals surface area contributed by atoms with Crippen LogP contribution in [-0.4, -0.2) is 15.8 Å². The summed E-state index contributed by atoms with van der Waals surface area (Å²) in [5.41, 5.74) is 5.12. The Morgan fingerprint density at radius 3 is 2.63 bits per heavy atom. The number of anilines is 1. The highest BCUT2D eigenvalue weighted by Gasteiger charge is 2.27. The lowest BCUT2D eigenvalue weighted by Crippen LogP contribution is -2.44. The molecule has 100 valence electrons. The van der Waals surface area contributed by atoms with Crippen LogP contribution in [0.2, 0.25) is 0 Å². The van der Waals surface area contributed by atoms with Gasteiger partial charge in [0.15, 0.2) is 0 Å². The van der Waals surface area contributed by atoms with Gasteiger partial charge in [0.25, 0.3) is 0 Å². The third-order valence-corrected chi connectivity index (χ3v) is 2.83. The summed E-state index contributed by atoms with van der Waals surface area (Å²) in [6.45, 7) is 3.42. The van der Waals surface area contributed by atoms with Crippen molar-refractivity contribution in [1.82, 2.24) is 15.1 Å². The molecule has 5 nitrogen and oxygen atoms in total. The minimum Gasteiger partial charge on any atom is -0.383 e. The normalized spacial score (nSPS) is 11.3. The number of rotatable bonds is 2. The first-order valence-corrected chi connectivity index (χ1v) is 5.79. The van der Waals surface area contributed by atoms with E-state index in [-0.39, 0.29) is 11.6 Å². The third-order valence-electron chi connectivity index (χ3n) is 2.83. The fourth-order valence-corrected chi connectivity index (χ4v) is 1.84. The summed E-state index contributed by atoms with van der Waals surface area (Å²) < 4.78 is 14.8. The van der Waals surface area contributed by atoms with E-state index in [1.807, 2.05) is 0 Å². The van der Waals surface area contributed by atoms with E-state index in [0.717, 1.165) is 4.68 Å². The van der Waals surface area contributed by atoms with Gasteiger partial charge in [-0.15, -0.1) is 0 Å². The summed E-state index contributed by atoms with van der Waals surface area (Å²) in [7, 11) is 0. The summed E-state index contributed by atoms with van der Waals surface area (Å²) in [4.78, 5) is 12.0. The number of carbonyl (C=O) groups is 1. The Balaban J connectivity index is 2.25. The van der Waals surface area contributed by atoms with Crippen molar-refractivity contribution in [1.29, 1.82) is 0 Å². The second-order valence-corrected chi connectivity index (χ2v) is 4.70. The van der Waals surface area contributed by atoms with Crippen LogP contribution in [-0.2, 0) is 5.54 Å². The fourth-order valence-electron chi connectivity index (χ4n) is 1.84. The summed E-state index contributed by atoms with van der Waals surface area (Å²) in [6.07, 6.45) is 1.42. The van der Waals surface area contributed by atoms with Gasteiger partial charge in [0.05, 0.1) is 11.7 Å². The minimum atomic E-state index is -0.874. The van der Waals surface area contributed by atoms with E-state index in [0.29, 0.717) is 5.56 Å². The molecule has 0 saturated carbocycles. The molecule has 0 saturated heterocycles. The quantitative estimate of drug-likeness (QED) is 0.870. The predicted octanol–water partition coefficient (Wildman–Crippen LogP) is 2.10. The molecule has 0 spiro atoms. The van der Waals surface area contributed by atoms with Gasteiger partial charge in [-0.2, -0.15) is 9.78 Å². The molecule has 0 aliphatic carbocycles. The number of benzene rings is 1. The van der Waals surface area contributed by atoms with Gasteiger partial charge in [-0.25, -0.2) is 9.18 Å². The SMILES string of the molecule is CC(C)(NC(=O)n1nccc1N)c1ccccc1F. The molecule has 0 bridgehead atoms. The summed E-state index contributed by atoms with van der Waals surface area (Å²) in [6, 6.07) is 7.30. The molecule has 1 amide bonds. The van der Waals surface area contributed by atoms with Crippen LogP contribution in [0.3, 0.4) is 0 Å². The molecule has 0 fully saturated rings. The first kappa shape index (κ1) is 13.1. The third kappa shape index (κ3) is 2.57. The molecule has 19 heavy (non-hydrogen) atoms. The lowest BCUT2D eigenvalue weighted by atomic mass is 9.94. The molecule has 3 N–H and O–H groups in total. The zero-order valence-electron chi connectivity index (χ0n) is 10.7. The van der Waals surface area contributed by atoms with Crippen molar-refractivity contribution in [2.24, 2.45) is 0 Å². The van der Waals surface area contributed by atoms with Gasteiger partial charge < -0.3 is 11.1 Å². The standard InChI is InChI=1S/C13H15FN4O/c1-13(2,9-5-3-4-6-10(9)14)17-12(19)18-11(15)7-8-16-18/h3-8H,15H2,1-2H3,(H,17,19). The first-order valence-electron chi connectivity index (χ1n) is 5.79. The zero-order chi connectivity index (χ0) is 14.0. The van der Waals surface area contributed by atoms with E-state index in [9.17, 15) is 9.18 Å². The zero-order valence-corrected chi connectivity index (χ0v) is 10.7. The smallest absolute Gasteiger partial charge is 0.344 e. The van der Waals surface area contributed by atoms with Gasteiger partial charge in [0, 0.05) is 11.6 Å². The summed E-state index contributed by atoms with van der Waals surface area (Å²) in [5, 5.41) is 6.50. The Hall–Kier alpha value is -2.37.